The van der Waals surface area contributed by atoms with Crippen LogP contribution in [0.15, 0.2) is 17.5 Å². The van der Waals surface area contributed by atoms with Crippen LogP contribution in [0.1, 0.15) is 12.5 Å². The van der Waals surface area contributed by atoms with Gasteiger partial charge >= 0.3 is 5.97 Å². The number of carbonyl (C=O) groups is 1. The first-order valence-corrected chi connectivity index (χ1v) is 6.07. The summed E-state index contributed by atoms with van der Waals surface area (Å²) < 4.78 is 5.70. The third-order valence-corrected chi connectivity index (χ3v) is 3.39. The Balaban J connectivity index is 2.36. The van der Waals surface area contributed by atoms with Gasteiger partial charge in [0.2, 0.25) is 0 Å². The first-order chi connectivity index (χ1) is 8.11. The number of benzene rings is 1. The number of phenolic OH excluding ortho intramolecular Hbond substituents is 2. The minimum Gasteiger partial charge on any atom is -0.504 e. The average Bonchev–Trinajstić information content (AvgIpc) is 2.63. The number of aromatic hydroxyl groups is 2. The number of hydrogen-bond acceptors (Lipinski definition) is 5. The molecule has 2 aromatic rings. The third-order valence-electron chi connectivity index (χ3n) is 2.39. The Bertz CT molecular complexity index is 559. The molecule has 0 spiro atoms. The normalized spacial score (nSPS) is 10.6. The molecule has 17 heavy (non-hydrogen) atoms. The molecule has 2 N–H and O–H groups in total. The maximum absolute atomic E-state index is 11.4. The van der Waals surface area contributed by atoms with Gasteiger partial charge in [-0.15, -0.1) is 11.3 Å². The van der Waals surface area contributed by atoms with Crippen molar-refractivity contribution in [2.24, 2.45) is 0 Å². The molecule has 1 heterocycles. The Morgan fingerprint density at radius 1 is 1.35 bits per heavy atom. The summed E-state index contributed by atoms with van der Waals surface area (Å²) in [7, 11) is 0. The summed E-state index contributed by atoms with van der Waals surface area (Å²) in [4.78, 5) is 11.4. The van der Waals surface area contributed by atoms with Crippen LogP contribution in [0.5, 0.6) is 11.5 Å². The lowest BCUT2D eigenvalue weighted by Crippen LogP contribution is -2.06. The van der Waals surface area contributed by atoms with Gasteiger partial charge in [0.05, 0.1) is 13.0 Å². The van der Waals surface area contributed by atoms with E-state index in [4.69, 9.17) is 4.74 Å². The van der Waals surface area contributed by atoms with Gasteiger partial charge in [-0.25, -0.2) is 0 Å². The van der Waals surface area contributed by atoms with E-state index in [1.807, 2.05) is 5.38 Å². The van der Waals surface area contributed by atoms with E-state index < -0.39 is 0 Å². The Morgan fingerprint density at radius 2 is 2.06 bits per heavy atom. The van der Waals surface area contributed by atoms with E-state index in [0.29, 0.717) is 6.61 Å². The molecule has 0 radical (unpaired) electrons. The molecule has 4 nitrogen and oxygen atoms in total. The quantitative estimate of drug-likeness (QED) is 0.650. The molecule has 0 atom stereocenters. The van der Waals surface area contributed by atoms with Crippen LogP contribution in [0.25, 0.3) is 10.1 Å². The first-order valence-electron chi connectivity index (χ1n) is 5.19. The van der Waals surface area contributed by atoms with Crippen molar-refractivity contribution >= 4 is 27.4 Å². The fraction of sp³-hybridized carbons (Fsp3) is 0.250. The van der Waals surface area contributed by atoms with Crippen LogP contribution in [0.3, 0.4) is 0 Å². The molecule has 0 unspecified atom stereocenters. The molecule has 90 valence electrons. The zero-order chi connectivity index (χ0) is 12.4. The van der Waals surface area contributed by atoms with Gasteiger partial charge in [-0.1, -0.05) is 0 Å². The molecule has 0 saturated heterocycles. The largest absolute Gasteiger partial charge is 0.504 e. The second kappa shape index (κ2) is 4.63. The van der Waals surface area contributed by atoms with E-state index in [9.17, 15) is 15.0 Å². The van der Waals surface area contributed by atoms with Gasteiger partial charge in [-0.05, 0) is 23.9 Å². The van der Waals surface area contributed by atoms with Crippen molar-refractivity contribution in [3.05, 3.63) is 23.1 Å². The molecule has 0 aliphatic rings. The Labute approximate surface area is 102 Å². The van der Waals surface area contributed by atoms with Crippen molar-refractivity contribution in [1.29, 1.82) is 0 Å². The van der Waals surface area contributed by atoms with Crippen molar-refractivity contribution in [3.63, 3.8) is 0 Å². The predicted octanol–water partition coefficient (Wildman–Crippen LogP) is 2.42. The fourth-order valence-electron chi connectivity index (χ4n) is 1.61. The molecule has 0 saturated carbocycles. The number of rotatable bonds is 3. The van der Waals surface area contributed by atoms with Crippen LogP contribution < -0.4 is 0 Å². The number of ether oxygens (including phenoxy) is 1. The van der Waals surface area contributed by atoms with Crippen LogP contribution in [0, 0.1) is 0 Å². The molecule has 0 bridgehead atoms. The van der Waals surface area contributed by atoms with Gasteiger partial charge in [0.15, 0.2) is 11.5 Å². The Kier molecular flexibility index (Phi) is 3.19. The van der Waals surface area contributed by atoms with Crippen LogP contribution >= 0.6 is 11.3 Å². The van der Waals surface area contributed by atoms with E-state index in [1.165, 1.54) is 23.5 Å². The van der Waals surface area contributed by atoms with E-state index in [1.54, 1.807) is 6.92 Å². The van der Waals surface area contributed by atoms with Crippen molar-refractivity contribution in [3.8, 4) is 11.5 Å². The molecule has 1 aromatic heterocycles. The van der Waals surface area contributed by atoms with Gasteiger partial charge in [-0.3, -0.25) is 4.79 Å². The number of phenols is 2. The second-order valence-electron chi connectivity index (χ2n) is 3.58. The van der Waals surface area contributed by atoms with Crippen LogP contribution in [-0.2, 0) is 16.0 Å². The minimum atomic E-state index is -0.292. The molecular weight excluding hydrogens is 240 g/mol. The van der Waals surface area contributed by atoms with E-state index >= 15 is 0 Å². The zero-order valence-electron chi connectivity index (χ0n) is 9.27. The third kappa shape index (κ3) is 2.34. The molecular formula is C12H12O4S. The summed E-state index contributed by atoms with van der Waals surface area (Å²) in [6.07, 6.45) is 0.179. The Hall–Kier alpha value is -1.75. The number of hydrogen-bond donors (Lipinski definition) is 2. The molecule has 0 aliphatic carbocycles. The summed E-state index contributed by atoms with van der Waals surface area (Å²) in [6.45, 7) is 2.11. The fourth-order valence-corrected chi connectivity index (χ4v) is 2.58. The summed E-state index contributed by atoms with van der Waals surface area (Å²) in [5.74, 6) is -0.622. The standard InChI is InChI=1S/C12H12O4S/c1-2-16-12(15)3-7-6-17-11-5-10(14)9(13)4-8(7)11/h4-6,13-14H,2-3H2,1H3. The SMILES string of the molecule is CCOC(=O)Cc1csc2cc(O)c(O)cc12. The van der Waals surface area contributed by atoms with Crippen molar-refractivity contribution in [2.45, 2.75) is 13.3 Å². The molecule has 0 aliphatic heterocycles. The lowest BCUT2D eigenvalue weighted by Gasteiger charge is -2.02. The summed E-state index contributed by atoms with van der Waals surface area (Å²) in [5.41, 5.74) is 0.804. The molecule has 5 heteroatoms. The Morgan fingerprint density at radius 3 is 2.76 bits per heavy atom. The summed E-state index contributed by atoms with van der Waals surface area (Å²) >= 11 is 1.42. The van der Waals surface area contributed by atoms with Crippen molar-refractivity contribution in [2.75, 3.05) is 6.61 Å². The lowest BCUT2D eigenvalue weighted by molar-refractivity contribution is -0.142. The van der Waals surface area contributed by atoms with Crippen molar-refractivity contribution < 1.29 is 19.7 Å². The van der Waals surface area contributed by atoms with Crippen LogP contribution in [0.2, 0.25) is 0 Å². The van der Waals surface area contributed by atoms with Crippen LogP contribution in [-0.4, -0.2) is 22.8 Å². The van der Waals surface area contributed by atoms with Gasteiger partial charge in [0.25, 0.3) is 0 Å². The number of thiophene rings is 1. The molecule has 1 aromatic carbocycles. The maximum Gasteiger partial charge on any atom is 0.310 e. The van der Waals surface area contributed by atoms with Gasteiger partial charge < -0.3 is 14.9 Å². The van der Waals surface area contributed by atoms with E-state index in [0.717, 1.165) is 15.6 Å². The monoisotopic (exact) mass is 252 g/mol. The average molecular weight is 252 g/mol. The number of fused-ring (bicyclic) bond motifs is 1. The molecule has 0 fully saturated rings. The highest BCUT2D eigenvalue weighted by atomic mass is 32.1. The van der Waals surface area contributed by atoms with Gasteiger partial charge in [-0.2, -0.15) is 0 Å². The van der Waals surface area contributed by atoms with Crippen molar-refractivity contribution in [1.82, 2.24) is 0 Å². The highest BCUT2D eigenvalue weighted by Crippen LogP contribution is 2.35. The van der Waals surface area contributed by atoms with E-state index in [-0.39, 0.29) is 23.9 Å². The molecule has 0 amide bonds. The summed E-state index contributed by atoms with van der Waals surface area (Å²) in [5, 5.41) is 21.4. The predicted molar refractivity (Wildman–Crippen MR) is 65.5 cm³/mol. The van der Waals surface area contributed by atoms with Gasteiger partial charge in [0, 0.05) is 16.2 Å². The highest BCUT2D eigenvalue weighted by Gasteiger charge is 2.12. The topological polar surface area (TPSA) is 66.8 Å². The summed E-state index contributed by atoms with van der Waals surface area (Å²) in [6, 6.07) is 2.96. The minimum absolute atomic E-state index is 0.151. The highest BCUT2D eigenvalue weighted by molar-refractivity contribution is 7.17. The van der Waals surface area contributed by atoms with E-state index in [2.05, 4.69) is 0 Å². The lowest BCUT2D eigenvalue weighted by atomic mass is 10.1. The van der Waals surface area contributed by atoms with Gasteiger partial charge in [0.1, 0.15) is 0 Å². The zero-order valence-corrected chi connectivity index (χ0v) is 10.1. The molecule has 2 rings (SSSR count). The van der Waals surface area contributed by atoms with Crippen LogP contribution in [0.4, 0.5) is 0 Å². The maximum atomic E-state index is 11.4. The number of carbonyl (C=O) groups excluding carboxylic acids is 1. The second-order valence-corrected chi connectivity index (χ2v) is 4.49. The number of esters is 1. The smallest absolute Gasteiger partial charge is 0.310 e. The first kappa shape index (κ1) is 11.7.